The fourth-order valence-electron chi connectivity index (χ4n) is 3.52. The Hall–Kier alpha value is -2.77. The first-order valence-electron chi connectivity index (χ1n) is 9.89. The van der Waals surface area contributed by atoms with E-state index in [1.54, 1.807) is 24.3 Å². The Morgan fingerprint density at radius 2 is 1.91 bits per heavy atom. The molecule has 2 heterocycles. The highest BCUT2D eigenvalue weighted by atomic mass is 35.5. The molecule has 0 bridgehead atoms. The third-order valence-electron chi connectivity index (χ3n) is 5.25. The summed E-state index contributed by atoms with van der Waals surface area (Å²) < 4.78 is 27.3. The minimum absolute atomic E-state index is 0.116. The van der Waals surface area contributed by atoms with Crippen molar-refractivity contribution in [1.29, 1.82) is 5.26 Å². The second-order valence-corrected chi connectivity index (χ2v) is 10.6. The van der Waals surface area contributed by atoms with Crippen molar-refractivity contribution in [2.75, 3.05) is 18.4 Å². The molecular weight excluding hydrogens is 468 g/mol. The van der Waals surface area contributed by atoms with Gasteiger partial charge >= 0.3 is 0 Å². The number of rotatable bonds is 5. The van der Waals surface area contributed by atoms with Crippen molar-refractivity contribution >= 4 is 44.0 Å². The van der Waals surface area contributed by atoms with E-state index < -0.39 is 15.9 Å². The van der Waals surface area contributed by atoms with Gasteiger partial charge in [0, 0.05) is 29.1 Å². The summed E-state index contributed by atoms with van der Waals surface area (Å²) in [4.78, 5) is 17.4. The summed E-state index contributed by atoms with van der Waals surface area (Å²) >= 11 is 7.16. The number of nitrogens with one attached hydrogen (secondary N) is 1. The Morgan fingerprint density at radius 1 is 1.19 bits per heavy atom. The number of nitrogens with zero attached hydrogens (tertiary/aromatic N) is 3. The van der Waals surface area contributed by atoms with E-state index in [-0.39, 0.29) is 17.3 Å². The number of nitriles is 1. The molecule has 1 saturated heterocycles. The number of sulfonamides is 1. The molecule has 4 rings (SSSR count). The number of anilines is 1. The first-order chi connectivity index (χ1) is 15.4. The van der Waals surface area contributed by atoms with Gasteiger partial charge in [-0.1, -0.05) is 23.7 Å². The molecule has 1 amide bonds. The van der Waals surface area contributed by atoms with Gasteiger partial charge in [-0.25, -0.2) is 13.4 Å². The molecular formula is C22H19ClN4O3S2. The Kier molecular flexibility index (Phi) is 6.58. The van der Waals surface area contributed by atoms with Crippen LogP contribution >= 0.6 is 22.9 Å². The standard InChI is InChI=1S/C22H19ClN4O3S2/c23-18-7-9-19(10-8-18)32(29,30)27-11-1-2-17(13-27)21(28)26-22-25-20(14-31-22)16-5-3-15(12-24)4-6-16/h3-10,14,17H,1-2,11,13H2,(H,25,26,28). The van der Waals surface area contributed by atoms with Crippen LogP contribution in [0.4, 0.5) is 5.13 Å². The van der Waals surface area contributed by atoms with Crippen LogP contribution in [0.5, 0.6) is 0 Å². The van der Waals surface area contributed by atoms with Gasteiger partial charge in [-0.05, 0) is 49.2 Å². The van der Waals surface area contributed by atoms with Gasteiger partial charge in [0.25, 0.3) is 0 Å². The number of carbonyl (C=O) groups excluding carboxylic acids is 1. The summed E-state index contributed by atoms with van der Waals surface area (Å²) in [5.41, 5.74) is 2.11. The second-order valence-electron chi connectivity index (χ2n) is 7.37. The highest BCUT2D eigenvalue weighted by molar-refractivity contribution is 7.89. The maximum absolute atomic E-state index is 13.0. The molecule has 1 unspecified atom stereocenters. The largest absolute Gasteiger partial charge is 0.302 e. The number of aromatic nitrogens is 1. The van der Waals surface area contributed by atoms with Gasteiger partial charge in [-0.2, -0.15) is 9.57 Å². The third kappa shape index (κ3) is 4.84. The van der Waals surface area contributed by atoms with E-state index in [1.807, 2.05) is 5.38 Å². The minimum atomic E-state index is -3.70. The van der Waals surface area contributed by atoms with Crippen molar-refractivity contribution in [2.24, 2.45) is 5.92 Å². The van der Waals surface area contributed by atoms with E-state index in [9.17, 15) is 13.2 Å². The molecule has 0 radical (unpaired) electrons. The van der Waals surface area contributed by atoms with Crippen LogP contribution in [0.1, 0.15) is 18.4 Å². The van der Waals surface area contributed by atoms with E-state index in [0.717, 1.165) is 5.56 Å². The van der Waals surface area contributed by atoms with Crippen LogP contribution in [0, 0.1) is 17.2 Å². The summed E-state index contributed by atoms with van der Waals surface area (Å²) in [5.74, 6) is -0.713. The molecule has 1 N–H and O–H groups in total. The predicted molar refractivity (Wildman–Crippen MR) is 124 cm³/mol. The van der Waals surface area contributed by atoms with Gasteiger partial charge in [0.05, 0.1) is 28.1 Å². The van der Waals surface area contributed by atoms with Crippen molar-refractivity contribution in [3.05, 3.63) is 64.5 Å². The number of benzene rings is 2. The van der Waals surface area contributed by atoms with Crippen LogP contribution in [0.3, 0.4) is 0 Å². The number of hydrogen-bond acceptors (Lipinski definition) is 6. The lowest BCUT2D eigenvalue weighted by Gasteiger charge is -2.31. The van der Waals surface area contributed by atoms with Crippen LogP contribution in [-0.4, -0.2) is 36.7 Å². The Balaban J connectivity index is 1.43. The van der Waals surface area contributed by atoms with Gasteiger partial charge < -0.3 is 5.32 Å². The Labute approximate surface area is 195 Å². The van der Waals surface area contributed by atoms with Crippen LogP contribution in [0.15, 0.2) is 58.8 Å². The maximum atomic E-state index is 13.0. The van der Waals surface area contributed by atoms with Gasteiger partial charge in [-0.15, -0.1) is 11.3 Å². The fraction of sp³-hybridized carbons (Fsp3) is 0.227. The van der Waals surface area contributed by atoms with E-state index in [1.165, 1.54) is 39.9 Å². The van der Waals surface area contributed by atoms with Crippen LogP contribution < -0.4 is 5.32 Å². The zero-order valence-electron chi connectivity index (χ0n) is 16.9. The normalized spacial score (nSPS) is 16.9. The number of halogens is 1. The molecule has 1 fully saturated rings. The summed E-state index contributed by atoms with van der Waals surface area (Å²) in [6.45, 7) is 0.486. The topological polar surface area (TPSA) is 103 Å². The average molecular weight is 487 g/mol. The average Bonchev–Trinajstić information content (AvgIpc) is 3.28. The van der Waals surface area contributed by atoms with Crippen molar-refractivity contribution in [1.82, 2.24) is 9.29 Å². The lowest BCUT2D eigenvalue weighted by atomic mass is 9.99. The van der Waals surface area contributed by atoms with E-state index >= 15 is 0 Å². The van der Waals surface area contributed by atoms with Crippen molar-refractivity contribution in [3.63, 3.8) is 0 Å². The molecule has 2 aromatic carbocycles. The molecule has 7 nitrogen and oxygen atoms in total. The minimum Gasteiger partial charge on any atom is -0.302 e. The lowest BCUT2D eigenvalue weighted by molar-refractivity contribution is -0.120. The molecule has 0 spiro atoms. The molecule has 1 aliphatic heterocycles. The van der Waals surface area contributed by atoms with Gasteiger partial charge in [-0.3, -0.25) is 4.79 Å². The van der Waals surface area contributed by atoms with Crippen molar-refractivity contribution < 1.29 is 13.2 Å². The molecule has 0 saturated carbocycles. The molecule has 1 aliphatic rings. The van der Waals surface area contributed by atoms with Crippen LogP contribution in [-0.2, 0) is 14.8 Å². The van der Waals surface area contributed by atoms with E-state index in [2.05, 4.69) is 16.4 Å². The van der Waals surface area contributed by atoms with Gasteiger partial charge in [0.15, 0.2) is 5.13 Å². The molecule has 164 valence electrons. The highest BCUT2D eigenvalue weighted by Crippen LogP contribution is 2.28. The number of piperidine rings is 1. The molecule has 0 aliphatic carbocycles. The second kappa shape index (κ2) is 9.38. The smallest absolute Gasteiger partial charge is 0.243 e. The van der Waals surface area contributed by atoms with E-state index in [4.69, 9.17) is 16.9 Å². The monoisotopic (exact) mass is 486 g/mol. The van der Waals surface area contributed by atoms with Crippen LogP contribution in [0.2, 0.25) is 5.02 Å². The maximum Gasteiger partial charge on any atom is 0.243 e. The summed E-state index contributed by atoms with van der Waals surface area (Å²) in [6.07, 6.45) is 1.20. The molecule has 1 aromatic heterocycles. The van der Waals surface area contributed by atoms with Gasteiger partial charge in [0.2, 0.25) is 15.9 Å². The SMILES string of the molecule is N#Cc1ccc(-c2csc(NC(=O)C3CCCN(S(=O)(=O)c4ccc(Cl)cc4)C3)n2)cc1. The van der Waals surface area contributed by atoms with Crippen molar-refractivity contribution in [2.45, 2.75) is 17.7 Å². The quantitative estimate of drug-likeness (QED) is 0.576. The summed E-state index contributed by atoms with van der Waals surface area (Å²) in [5, 5.41) is 14.5. The molecule has 32 heavy (non-hydrogen) atoms. The molecule has 3 aromatic rings. The van der Waals surface area contributed by atoms with Crippen molar-refractivity contribution in [3.8, 4) is 17.3 Å². The van der Waals surface area contributed by atoms with Crippen LogP contribution in [0.25, 0.3) is 11.3 Å². The number of amides is 1. The summed E-state index contributed by atoms with van der Waals surface area (Å²) in [6, 6.07) is 15.1. The summed E-state index contributed by atoms with van der Waals surface area (Å²) in [7, 11) is -3.70. The van der Waals surface area contributed by atoms with E-state index in [0.29, 0.717) is 40.8 Å². The lowest BCUT2D eigenvalue weighted by Crippen LogP contribution is -2.43. The number of thiazole rings is 1. The Morgan fingerprint density at radius 3 is 2.59 bits per heavy atom. The zero-order valence-corrected chi connectivity index (χ0v) is 19.3. The highest BCUT2D eigenvalue weighted by Gasteiger charge is 2.33. The number of hydrogen-bond donors (Lipinski definition) is 1. The first-order valence-corrected chi connectivity index (χ1v) is 12.6. The zero-order chi connectivity index (χ0) is 22.7. The third-order valence-corrected chi connectivity index (χ3v) is 8.14. The number of carbonyl (C=O) groups is 1. The first kappa shape index (κ1) is 22.4. The van der Waals surface area contributed by atoms with Gasteiger partial charge in [0.1, 0.15) is 0 Å². The molecule has 10 heteroatoms. The molecule has 1 atom stereocenters. The fourth-order valence-corrected chi connectivity index (χ4v) is 5.89. The Bertz CT molecular complexity index is 1270. The predicted octanol–water partition coefficient (Wildman–Crippen LogP) is 4.37.